The molecule has 2 aromatic rings. The number of piperazine rings is 1. The normalized spacial score (nSPS) is 13.8. The SMILES string of the molecule is C=CC(=O)Nc1cc(COC/C=C(\C=C/N=C)C(=C)c2c(C)cccc2N(C)C)ccc1N1CCN(CC)CC1.CC. The van der Waals surface area contributed by atoms with Gasteiger partial charge in [0.1, 0.15) is 0 Å². The van der Waals surface area contributed by atoms with Crippen molar-refractivity contribution in [2.45, 2.75) is 34.3 Å². The predicted octanol–water partition coefficient (Wildman–Crippen LogP) is 6.72. The molecule has 1 saturated heterocycles. The molecule has 1 N–H and O–H groups in total. The van der Waals surface area contributed by atoms with Crippen LogP contribution in [0.3, 0.4) is 0 Å². The van der Waals surface area contributed by atoms with Crippen LogP contribution in [-0.4, -0.2) is 71.0 Å². The van der Waals surface area contributed by atoms with Gasteiger partial charge in [-0.05, 0) is 72.8 Å². The first-order chi connectivity index (χ1) is 20.3. The predicted molar refractivity (Wildman–Crippen MR) is 182 cm³/mol. The summed E-state index contributed by atoms with van der Waals surface area (Å²) >= 11 is 0. The molecule has 3 rings (SSSR count). The second kappa shape index (κ2) is 17.8. The average molecular weight is 572 g/mol. The van der Waals surface area contributed by atoms with Gasteiger partial charge in [0.25, 0.3) is 0 Å². The Balaban J connectivity index is 0.00000301. The number of aryl methyl sites for hydroxylation is 1. The molecule has 1 heterocycles. The second-order valence-electron chi connectivity index (χ2n) is 9.98. The fourth-order valence-electron chi connectivity index (χ4n) is 4.85. The molecule has 1 aliphatic heterocycles. The van der Waals surface area contributed by atoms with Crippen molar-refractivity contribution in [2.24, 2.45) is 4.99 Å². The Morgan fingerprint density at radius 1 is 1.14 bits per heavy atom. The Hall–Kier alpha value is -3.94. The standard InChI is InChI=1S/C33H43N5O2.C2H6/c1-8-32(39)35-29-23-27(13-14-30(29)38-20-18-37(9-2)19-21-38)24-40-22-16-28(15-17-34-5)26(4)33-25(3)11-10-12-31(33)36(6)7;1-2/h8,10-17,23H,1,4-5,9,18-22,24H2,2-3,6-7H3,(H,35,39);1-2H3/b17-15-,28-16+;. The van der Waals surface area contributed by atoms with E-state index in [-0.39, 0.29) is 5.91 Å². The number of anilines is 3. The molecule has 0 aliphatic carbocycles. The van der Waals surface area contributed by atoms with Gasteiger partial charge in [-0.3, -0.25) is 9.79 Å². The van der Waals surface area contributed by atoms with Crippen molar-refractivity contribution in [1.29, 1.82) is 0 Å². The van der Waals surface area contributed by atoms with Gasteiger partial charge in [-0.25, -0.2) is 0 Å². The van der Waals surface area contributed by atoms with Crippen LogP contribution in [0.2, 0.25) is 0 Å². The molecule has 0 spiro atoms. The summed E-state index contributed by atoms with van der Waals surface area (Å²) in [7, 11) is 4.06. The van der Waals surface area contributed by atoms with Crippen molar-refractivity contribution < 1.29 is 9.53 Å². The first kappa shape index (κ1) is 34.3. The summed E-state index contributed by atoms with van der Waals surface area (Å²) in [6, 6.07) is 12.4. The van der Waals surface area contributed by atoms with Gasteiger partial charge in [-0.15, -0.1) is 0 Å². The molecule has 42 heavy (non-hydrogen) atoms. The van der Waals surface area contributed by atoms with E-state index in [1.807, 2.05) is 46.2 Å². The minimum Gasteiger partial charge on any atom is -0.377 e. The Bertz CT molecular complexity index is 1270. The lowest BCUT2D eigenvalue weighted by molar-refractivity contribution is -0.111. The number of nitrogens with one attached hydrogen (secondary N) is 1. The summed E-state index contributed by atoms with van der Waals surface area (Å²) in [5.41, 5.74) is 7.92. The number of aliphatic imine (C=N–C) groups is 1. The minimum absolute atomic E-state index is 0.228. The van der Waals surface area contributed by atoms with Crippen LogP contribution in [0.1, 0.15) is 37.5 Å². The topological polar surface area (TPSA) is 60.4 Å². The van der Waals surface area contributed by atoms with Gasteiger partial charge in [-0.1, -0.05) is 58.2 Å². The maximum atomic E-state index is 12.2. The molecule has 226 valence electrons. The molecular formula is C35H49N5O2. The first-order valence-corrected chi connectivity index (χ1v) is 14.7. The quantitative estimate of drug-likeness (QED) is 0.125. The maximum Gasteiger partial charge on any atom is 0.247 e. The monoisotopic (exact) mass is 571 g/mol. The molecule has 0 radical (unpaired) electrons. The number of nitrogens with zero attached hydrogens (tertiary/aromatic N) is 4. The van der Waals surface area contributed by atoms with E-state index in [0.29, 0.717) is 13.2 Å². The van der Waals surface area contributed by atoms with E-state index in [9.17, 15) is 4.79 Å². The third kappa shape index (κ3) is 9.57. The average Bonchev–Trinajstić information content (AvgIpc) is 3.01. The van der Waals surface area contributed by atoms with Crippen LogP contribution in [0, 0.1) is 6.92 Å². The van der Waals surface area contributed by atoms with E-state index in [4.69, 9.17) is 4.74 Å². The van der Waals surface area contributed by atoms with Crippen LogP contribution in [0.15, 0.2) is 84.5 Å². The molecular weight excluding hydrogens is 522 g/mol. The van der Waals surface area contributed by atoms with E-state index in [0.717, 1.165) is 77.6 Å². The maximum absolute atomic E-state index is 12.2. The summed E-state index contributed by atoms with van der Waals surface area (Å²) < 4.78 is 6.06. The molecule has 0 bridgehead atoms. The zero-order chi connectivity index (χ0) is 31.1. The molecule has 1 aliphatic rings. The van der Waals surface area contributed by atoms with Crippen LogP contribution in [0.5, 0.6) is 0 Å². The fraction of sp³-hybridized carbons (Fsp3) is 0.371. The summed E-state index contributed by atoms with van der Waals surface area (Å²) in [5, 5.41) is 2.99. The van der Waals surface area contributed by atoms with E-state index < -0.39 is 0 Å². The van der Waals surface area contributed by atoms with Crippen molar-refractivity contribution in [3.05, 3.63) is 96.2 Å². The van der Waals surface area contributed by atoms with Gasteiger partial charge < -0.3 is 24.8 Å². The second-order valence-corrected chi connectivity index (χ2v) is 9.98. The van der Waals surface area contributed by atoms with Gasteiger partial charge in [0.15, 0.2) is 0 Å². The number of hydrogen-bond donors (Lipinski definition) is 1. The van der Waals surface area contributed by atoms with E-state index in [1.165, 1.54) is 6.08 Å². The zero-order valence-corrected chi connectivity index (χ0v) is 26.4. The highest BCUT2D eigenvalue weighted by atomic mass is 16.5. The van der Waals surface area contributed by atoms with Crippen molar-refractivity contribution in [2.75, 3.05) is 68.5 Å². The Labute approximate surface area is 253 Å². The molecule has 2 aromatic carbocycles. The van der Waals surface area contributed by atoms with Crippen molar-refractivity contribution >= 4 is 35.3 Å². The number of hydrogen-bond acceptors (Lipinski definition) is 6. The van der Waals surface area contributed by atoms with E-state index in [1.54, 1.807) is 6.20 Å². The lowest BCUT2D eigenvalue weighted by Crippen LogP contribution is -2.46. The van der Waals surface area contributed by atoms with Crippen LogP contribution in [-0.2, 0) is 16.1 Å². The van der Waals surface area contributed by atoms with E-state index >= 15 is 0 Å². The summed E-state index contributed by atoms with van der Waals surface area (Å²) in [4.78, 5) is 22.9. The van der Waals surface area contributed by atoms with Gasteiger partial charge in [0.05, 0.1) is 24.6 Å². The van der Waals surface area contributed by atoms with Crippen molar-refractivity contribution in [3.63, 3.8) is 0 Å². The Morgan fingerprint density at radius 2 is 1.86 bits per heavy atom. The molecule has 0 saturated carbocycles. The van der Waals surface area contributed by atoms with Crippen molar-refractivity contribution in [3.8, 4) is 0 Å². The highest BCUT2D eigenvalue weighted by molar-refractivity contribution is 6.01. The number of likely N-dealkylation sites (N-methyl/N-ethyl adjacent to an activating group) is 1. The number of carbonyl (C=O) groups is 1. The third-order valence-electron chi connectivity index (χ3n) is 7.10. The van der Waals surface area contributed by atoms with E-state index in [2.05, 4.69) is 89.1 Å². The minimum atomic E-state index is -0.228. The van der Waals surface area contributed by atoms with Crippen molar-refractivity contribution in [1.82, 2.24) is 4.90 Å². The molecule has 7 nitrogen and oxygen atoms in total. The fourth-order valence-corrected chi connectivity index (χ4v) is 4.85. The third-order valence-corrected chi connectivity index (χ3v) is 7.10. The zero-order valence-electron chi connectivity index (χ0n) is 26.4. The Kier molecular flexibility index (Phi) is 14.5. The first-order valence-electron chi connectivity index (χ1n) is 14.7. The molecule has 1 amide bonds. The van der Waals surface area contributed by atoms with Gasteiger partial charge in [-0.2, -0.15) is 0 Å². The Morgan fingerprint density at radius 3 is 2.48 bits per heavy atom. The number of rotatable bonds is 13. The van der Waals surface area contributed by atoms with Crippen LogP contribution in [0.4, 0.5) is 17.1 Å². The molecule has 0 unspecified atom stereocenters. The van der Waals surface area contributed by atoms with Crippen LogP contribution >= 0.6 is 0 Å². The number of amides is 1. The number of carbonyl (C=O) groups excluding carboxylic acids is 1. The lowest BCUT2D eigenvalue weighted by Gasteiger charge is -2.36. The largest absolute Gasteiger partial charge is 0.377 e. The number of benzene rings is 2. The molecule has 1 fully saturated rings. The highest BCUT2D eigenvalue weighted by Gasteiger charge is 2.19. The van der Waals surface area contributed by atoms with Gasteiger partial charge in [0, 0.05) is 57.7 Å². The highest BCUT2D eigenvalue weighted by Crippen LogP contribution is 2.33. The molecule has 0 atom stereocenters. The lowest BCUT2D eigenvalue weighted by atomic mass is 9.93. The van der Waals surface area contributed by atoms with Gasteiger partial charge >= 0.3 is 0 Å². The number of ether oxygens (including phenoxy) is 1. The summed E-state index contributed by atoms with van der Waals surface area (Å²) in [6.45, 7) is 25.5. The summed E-state index contributed by atoms with van der Waals surface area (Å²) in [5.74, 6) is -0.228. The van der Waals surface area contributed by atoms with Crippen LogP contribution < -0.4 is 15.1 Å². The number of allylic oxidation sites excluding steroid dienone is 3. The van der Waals surface area contributed by atoms with Gasteiger partial charge in [0.2, 0.25) is 5.91 Å². The smallest absolute Gasteiger partial charge is 0.247 e. The molecule has 7 heteroatoms. The summed E-state index contributed by atoms with van der Waals surface area (Å²) in [6.07, 6.45) is 6.87. The molecule has 0 aromatic heterocycles. The van der Waals surface area contributed by atoms with Crippen LogP contribution in [0.25, 0.3) is 5.57 Å².